The first-order valence-corrected chi connectivity index (χ1v) is 10.4. The molecular weight excluding hydrogens is 408 g/mol. The number of ether oxygens (including phenoxy) is 3. The monoisotopic (exact) mass is 436 g/mol. The maximum atomic E-state index is 12.8. The fraction of sp³-hybridized carbons (Fsp3) is 0.320. The molecule has 7 heteroatoms. The minimum absolute atomic E-state index is 0.278. The van der Waals surface area contributed by atoms with Crippen molar-refractivity contribution in [1.29, 1.82) is 0 Å². The van der Waals surface area contributed by atoms with Gasteiger partial charge >= 0.3 is 5.97 Å². The predicted molar refractivity (Wildman–Crippen MR) is 122 cm³/mol. The highest BCUT2D eigenvalue weighted by molar-refractivity contribution is 5.99. The van der Waals surface area contributed by atoms with Crippen molar-refractivity contribution in [2.24, 2.45) is 0 Å². The van der Waals surface area contributed by atoms with Crippen molar-refractivity contribution in [2.75, 3.05) is 27.4 Å². The molecule has 0 aliphatic heterocycles. The number of aromatic nitrogens is 1. The maximum Gasteiger partial charge on any atom is 0.340 e. The van der Waals surface area contributed by atoms with Crippen LogP contribution in [0.2, 0.25) is 0 Å². The van der Waals surface area contributed by atoms with E-state index in [2.05, 4.69) is 4.98 Å². The van der Waals surface area contributed by atoms with Crippen LogP contribution in [0.3, 0.4) is 0 Å². The van der Waals surface area contributed by atoms with Gasteiger partial charge in [0.05, 0.1) is 31.0 Å². The molecule has 1 aromatic heterocycles. The third-order valence-electron chi connectivity index (χ3n) is 5.42. The number of para-hydroxylation sites is 1. The molecule has 3 rings (SSSR count). The van der Waals surface area contributed by atoms with E-state index in [1.165, 1.54) is 0 Å². The lowest BCUT2D eigenvalue weighted by Gasteiger charge is -2.21. The first-order valence-electron chi connectivity index (χ1n) is 10.4. The van der Waals surface area contributed by atoms with Gasteiger partial charge in [0.15, 0.2) is 18.1 Å². The Kier molecular flexibility index (Phi) is 7.30. The molecule has 0 aliphatic rings. The summed E-state index contributed by atoms with van der Waals surface area (Å²) in [5, 5.41) is 0.889. The van der Waals surface area contributed by atoms with Gasteiger partial charge in [0.25, 0.3) is 5.91 Å². The highest BCUT2D eigenvalue weighted by atomic mass is 16.5. The van der Waals surface area contributed by atoms with E-state index in [1.807, 2.05) is 50.2 Å². The maximum absolute atomic E-state index is 12.8. The molecule has 0 bridgehead atoms. The number of amides is 1. The average Bonchev–Trinajstić information content (AvgIpc) is 2.80. The molecule has 0 unspecified atom stereocenters. The van der Waals surface area contributed by atoms with Crippen LogP contribution in [0.4, 0.5) is 0 Å². The second-order valence-corrected chi connectivity index (χ2v) is 7.39. The number of carbonyl (C=O) groups excluding carboxylic acids is 2. The average molecular weight is 437 g/mol. The Morgan fingerprint density at radius 2 is 1.72 bits per heavy atom. The minimum Gasteiger partial charge on any atom is -0.493 e. The van der Waals surface area contributed by atoms with Crippen molar-refractivity contribution in [3.63, 3.8) is 0 Å². The van der Waals surface area contributed by atoms with Crippen molar-refractivity contribution in [3.05, 3.63) is 64.8 Å². The van der Waals surface area contributed by atoms with E-state index in [-0.39, 0.29) is 12.5 Å². The lowest BCUT2D eigenvalue weighted by molar-refractivity contribution is -0.134. The van der Waals surface area contributed by atoms with Crippen LogP contribution in [0.5, 0.6) is 11.5 Å². The summed E-state index contributed by atoms with van der Waals surface area (Å²) in [6.45, 7) is 6.01. The van der Waals surface area contributed by atoms with Gasteiger partial charge in [-0.25, -0.2) is 4.79 Å². The Bertz CT molecular complexity index is 1140. The fourth-order valence-corrected chi connectivity index (χ4v) is 3.70. The number of hydrogen-bond acceptors (Lipinski definition) is 6. The number of benzene rings is 2. The van der Waals surface area contributed by atoms with Gasteiger partial charge in [-0.2, -0.15) is 0 Å². The van der Waals surface area contributed by atoms with Crippen molar-refractivity contribution in [2.45, 2.75) is 27.3 Å². The second kappa shape index (κ2) is 10.1. The zero-order valence-electron chi connectivity index (χ0n) is 19.1. The number of esters is 1. The van der Waals surface area contributed by atoms with Crippen LogP contribution >= 0.6 is 0 Å². The van der Waals surface area contributed by atoms with Gasteiger partial charge in [-0.3, -0.25) is 9.78 Å². The van der Waals surface area contributed by atoms with Crippen molar-refractivity contribution in [1.82, 2.24) is 9.88 Å². The van der Waals surface area contributed by atoms with Crippen molar-refractivity contribution >= 4 is 22.8 Å². The number of nitrogens with zero attached hydrogens (tertiary/aromatic N) is 2. The van der Waals surface area contributed by atoms with Gasteiger partial charge in [-0.15, -0.1) is 0 Å². The number of carbonyl (C=O) groups is 2. The molecule has 1 amide bonds. The van der Waals surface area contributed by atoms with E-state index < -0.39 is 5.97 Å². The zero-order chi connectivity index (χ0) is 23.3. The molecular formula is C25H28N2O5. The number of hydrogen-bond donors (Lipinski definition) is 0. The number of aryl methyl sites for hydroxylation is 2. The molecule has 0 radical (unpaired) electrons. The Labute approximate surface area is 187 Å². The smallest absolute Gasteiger partial charge is 0.340 e. The molecule has 0 fully saturated rings. The summed E-state index contributed by atoms with van der Waals surface area (Å²) in [6.07, 6.45) is 0. The molecule has 3 aromatic rings. The van der Waals surface area contributed by atoms with Crippen molar-refractivity contribution < 1.29 is 23.8 Å². The van der Waals surface area contributed by atoms with Gasteiger partial charge in [-0.1, -0.05) is 24.3 Å². The molecule has 0 saturated heterocycles. The number of pyridine rings is 1. The van der Waals surface area contributed by atoms with E-state index in [0.717, 1.165) is 22.0 Å². The molecule has 0 N–H and O–H groups in total. The SMILES string of the molecule is CCN(Cc1ccc(OC)c(OC)c1)C(=O)COC(=O)c1c(C)nc2ccccc2c1C. The largest absolute Gasteiger partial charge is 0.493 e. The summed E-state index contributed by atoms with van der Waals surface area (Å²) in [5.74, 6) is 0.387. The number of methoxy groups -OCH3 is 2. The molecule has 0 saturated carbocycles. The van der Waals surface area contributed by atoms with E-state index in [9.17, 15) is 9.59 Å². The second-order valence-electron chi connectivity index (χ2n) is 7.39. The van der Waals surface area contributed by atoms with E-state index in [4.69, 9.17) is 14.2 Å². The summed E-state index contributed by atoms with van der Waals surface area (Å²) in [7, 11) is 3.14. The number of rotatable bonds is 8. The number of fused-ring (bicyclic) bond motifs is 1. The van der Waals surface area contributed by atoms with E-state index in [0.29, 0.717) is 35.8 Å². The Balaban J connectivity index is 1.70. The van der Waals surface area contributed by atoms with Crippen LogP contribution in [0.1, 0.15) is 34.1 Å². The lowest BCUT2D eigenvalue weighted by Crippen LogP contribution is -2.34. The highest BCUT2D eigenvalue weighted by Crippen LogP contribution is 2.28. The van der Waals surface area contributed by atoms with Crippen molar-refractivity contribution in [3.8, 4) is 11.5 Å². The molecule has 1 heterocycles. The minimum atomic E-state index is -0.547. The van der Waals surface area contributed by atoms with Gasteiger partial charge in [0.1, 0.15) is 0 Å². The standard InChI is InChI=1S/C25H28N2O5/c1-6-27(14-18-11-12-21(30-4)22(13-18)31-5)23(28)15-32-25(29)24-16(2)19-9-7-8-10-20(19)26-17(24)3/h7-13H,6,14-15H2,1-5H3. The molecule has 0 atom stereocenters. The quantitative estimate of drug-likeness (QED) is 0.495. The molecule has 168 valence electrons. The van der Waals surface area contributed by atoms with Crippen LogP contribution in [0.15, 0.2) is 42.5 Å². The molecule has 0 spiro atoms. The molecule has 0 aliphatic carbocycles. The van der Waals surface area contributed by atoms with Crippen LogP contribution in [0.25, 0.3) is 10.9 Å². The summed E-state index contributed by atoms with van der Waals surface area (Å²) < 4.78 is 16.0. The summed E-state index contributed by atoms with van der Waals surface area (Å²) in [5.41, 5.74) is 3.48. The van der Waals surface area contributed by atoms with Crippen LogP contribution in [-0.2, 0) is 16.1 Å². The van der Waals surface area contributed by atoms with Crippen LogP contribution in [-0.4, -0.2) is 49.1 Å². The van der Waals surface area contributed by atoms with Crippen LogP contribution in [0, 0.1) is 13.8 Å². The van der Waals surface area contributed by atoms with Gasteiger partial charge in [0.2, 0.25) is 0 Å². The first kappa shape index (κ1) is 23.1. The lowest BCUT2D eigenvalue weighted by atomic mass is 10.0. The zero-order valence-corrected chi connectivity index (χ0v) is 19.1. The van der Waals surface area contributed by atoms with E-state index >= 15 is 0 Å². The normalized spacial score (nSPS) is 10.7. The molecule has 32 heavy (non-hydrogen) atoms. The fourth-order valence-electron chi connectivity index (χ4n) is 3.70. The summed E-state index contributed by atoms with van der Waals surface area (Å²) in [6, 6.07) is 13.1. The molecule has 7 nitrogen and oxygen atoms in total. The van der Waals surface area contributed by atoms with Gasteiger partial charge < -0.3 is 19.1 Å². The Morgan fingerprint density at radius 1 is 1.00 bits per heavy atom. The third-order valence-corrected chi connectivity index (χ3v) is 5.42. The topological polar surface area (TPSA) is 78.0 Å². The van der Waals surface area contributed by atoms with E-state index in [1.54, 1.807) is 32.1 Å². The predicted octanol–water partition coefficient (Wildman–Crippen LogP) is 4.07. The van der Waals surface area contributed by atoms with Gasteiger partial charge in [0, 0.05) is 18.5 Å². The molecule has 2 aromatic carbocycles. The van der Waals surface area contributed by atoms with Gasteiger partial charge in [-0.05, 0) is 50.1 Å². The summed E-state index contributed by atoms with van der Waals surface area (Å²) in [4.78, 5) is 31.7. The third kappa shape index (κ3) is 4.82. The Morgan fingerprint density at radius 3 is 2.41 bits per heavy atom. The first-order chi connectivity index (χ1) is 15.4. The van der Waals surface area contributed by atoms with Crippen LogP contribution < -0.4 is 9.47 Å². The number of likely N-dealkylation sites (N-methyl/N-ethyl adjacent to an activating group) is 1. The Hall–Kier alpha value is -3.61. The highest BCUT2D eigenvalue weighted by Gasteiger charge is 2.21. The summed E-state index contributed by atoms with van der Waals surface area (Å²) >= 11 is 0.